The van der Waals surface area contributed by atoms with Gasteiger partial charge in [0, 0.05) is 12.3 Å². The molecule has 1 aromatic rings. The zero-order valence-corrected chi connectivity index (χ0v) is 12.0. The quantitative estimate of drug-likeness (QED) is 0.847. The van der Waals surface area contributed by atoms with E-state index in [1.54, 1.807) is 30.3 Å². The highest BCUT2D eigenvalue weighted by Gasteiger charge is 2.53. The number of ketones is 2. The van der Waals surface area contributed by atoms with Gasteiger partial charge in [0.2, 0.25) is 0 Å². The normalized spacial score (nSPS) is 28.4. The van der Waals surface area contributed by atoms with Gasteiger partial charge < -0.3 is 9.84 Å². The number of rotatable bonds is 4. The molecule has 0 aliphatic heterocycles. The Bertz CT molecular complexity index is 561. The second kappa shape index (κ2) is 5.77. The number of ether oxygens (including phenoxy) is 1. The fourth-order valence-corrected chi connectivity index (χ4v) is 2.92. The van der Waals surface area contributed by atoms with Gasteiger partial charge in [-0.1, -0.05) is 18.2 Å². The van der Waals surface area contributed by atoms with E-state index in [-0.39, 0.29) is 24.6 Å². The first kappa shape index (κ1) is 15.4. The summed E-state index contributed by atoms with van der Waals surface area (Å²) >= 11 is 0. The van der Waals surface area contributed by atoms with Crippen molar-refractivity contribution in [1.29, 1.82) is 0 Å². The van der Waals surface area contributed by atoms with Crippen LogP contribution in [0.4, 0.5) is 0 Å². The minimum atomic E-state index is -1.67. The molecule has 0 bridgehead atoms. The monoisotopic (exact) mass is 290 g/mol. The van der Waals surface area contributed by atoms with Gasteiger partial charge in [0.1, 0.15) is 11.4 Å². The third-order valence-electron chi connectivity index (χ3n) is 3.97. The summed E-state index contributed by atoms with van der Waals surface area (Å²) in [5.74, 6) is -2.46. The molecule has 1 fully saturated rings. The Balaban J connectivity index is 2.05. The van der Waals surface area contributed by atoms with Crippen LogP contribution in [-0.4, -0.2) is 34.9 Å². The van der Waals surface area contributed by atoms with Crippen molar-refractivity contribution >= 4 is 17.5 Å². The van der Waals surface area contributed by atoms with Gasteiger partial charge in [0.05, 0.1) is 18.1 Å². The Kier molecular flexibility index (Phi) is 4.23. The smallest absolute Gasteiger partial charge is 0.338 e. The van der Waals surface area contributed by atoms with Crippen LogP contribution in [0.5, 0.6) is 0 Å². The molecule has 5 nitrogen and oxygen atoms in total. The van der Waals surface area contributed by atoms with Crippen LogP contribution in [0.15, 0.2) is 30.3 Å². The van der Waals surface area contributed by atoms with Crippen molar-refractivity contribution in [3.8, 4) is 0 Å². The second-order valence-electron chi connectivity index (χ2n) is 5.59. The Morgan fingerprint density at radius 3 is 2.52 bits per heavy atom. The van der Waals surface area contributed by atoms with Gasteiger partial charge in [-0.3, -0.25) is 9.59 Å². The zero-order valence-electron chi connectivity index (χ0n) is 12.0. The van der Waals surface area contributed by atoms with Gasteiger partial charge in [0.15, 0.2) is 5.78 Å². The van der Waals surface area contributed by atoms with E-state index in [9.17, 15) is 19.5 Å². The lowest BCUT2D eigenvalue weighted by atomic mass is 9.84. The predicted octanol–water partition coefficient (Wildman–Crippen LogP) is 1.39. The lowest BCUT2D eigenvalue weighted by Gasteiger charge is -2.25. The van der Waals surface area contributed by atoms with Crippen LogP contribution in [0.3, 0.4) is 0 Å². The summed E-state index contributed by atoms with van der Waals surface area (Å²) in [6, 6.07) is 8.48. The molecule has 1 aliphatic carbocycles. The summed E-state index contributed by atoms with van der Waals surface area (Å²) in [5, 5.41) is 10.1. The van der Waals surface area contributed by atoms with Gasteiger partial charge in [-0.25, -0.2) is 4.79 Å². The van der Waals surface area contributed by atoms with Crippen molar-refractivity contribution in [2.24, 2.45) is 11.8 Å². The van der Waals surface area contributed by atoms with Gasteiger partial charge in [0.25, 0.3) is 0 Å². The average Bonchev–Trinajstić information content (AvgIpc) is 2.67. The van der Waals surface area contributed by atoms with E-state index in [2.05, 4.69) is 0 Å². The molecule has 1 aromatic carbocycles. The number of aliphatic hydroxyl groups is 1. The van der Waals surface area contributed by atoms with Crippen LogP contribution in [-0.2, 0) is 14.3 Å². The molecule has 0 saturated heterocycles. The summed E-state index contributed by atoms with van der Waals surface area (Å²) in [6.07, 6.45) is 0.0410. The first-order valence-corrected chi connectivity index (χ1v) is 6.82. The van der Waals surface area contributed by atoms with E-state index in [0.717, 1.165) is 0 Å². The maximum absolute atomic E-state index is 11.9. The summed E-state index contributed by atoms with van der Waals surface area (Å²) in [7, 11) is 0. The van der Waals surface area contributed by atoms with E-state index in [1.165, 1.54) is 13.8 Å². The number of benzene rings is 1. The molecule has 1 aliphatic rings. The summed E-state index contributed by atoms with van der Waals surface area (Å²) < 4.78 is 5.18. The summed E-state index contributed by atoms with van der Waals surface area (Å²) in [5.41, 5.74) is -1.26. The molecule has 0 spiro atoms. The van der Waals surface area contributed by atoms with E-state index >= 15 is 0 Å². The van der Waals surface area contributed by atoms with E-state index in [1.807, 2.05) is 0 Å². The van der Waals surface area contributed by atoms with Crippen LogP contribution in [0.2, 0.25) is 0 Å². The number of esters is 1. The van der Waals surface area contributed by atoms with Crippen molar-refractivity contribution in [3.63, 3.8) is 0 Å². The SMILES string of the molecule is CC(=O)[C@@H]1[C@H](COC(=O)c2ccccc2)CC(=O)[C@]1(C)O. The minimum absolute atomic E-state index is 0.0410. The van der Waals surface area contributed by atoms with Crippen LogP contribution < -0.4 is 0 Å². The first-order valence-electron chi connectivity index (χ1n) is 6.82. The predicted molar refractivity (Wildman–Crippen MR) is 74.6 cm³/mol. The Morgan fingerprint density at radius 2 is 1.95 bits per heavy atom. The van der Waals surface area contributed by atoms with Gasteiger partial charge in [-0.05, 0) is 26.0 Å². The summed E-state index contributed by atoms with van der Waals surface area (Å²) in [4.78, 5) is 35.3. The number of Topliss-reactive ketones (excluding diaryl/α,β-unsaturated/α-hetero) is 2. The van der Waals surface area contributed by atoms with Gasteiger partial charge in [-0.2, -0.15) is 0 Å². The number of hydrogen-bond acceptors (Lipinski definition) is 5. The molecule has 21 heavy (non-hydrogen) atoms. The van der Waals surface area contributed by atoms with Crippen molar-refractivity contribution in [1.82, 2.24) is 0 Å². The molecule has 0 radical (unpaired) electrons. The van der Waals surface area contributed by atoms with Crippen LogP contribution >= 0.6 is 0 Å². The molecular formula is C16H18O5. The lowest BCUT2D eigenvalue weighted by Crippen LogP contribution is -2.42. The zero-order chi connectivity index (χ0) is 15.6. The molecule has 0 heterocycles. The maximum Gasteiger partial charge on any atom is 0.338 e. The van der Waals surface area contributed by atoms with Crippen LogP contribution in [0.1, 0.15) is 30.6 Å². The topological polar surface area (TPSA) is 80.7 Å². The fraction of sp³-hybridized carbons (Fsp3) is 0.438. The van der Waals surface area contributed by atoms with Gasteiger partial charge in [-0.15, -0.1) is 0 Å². The molecule has 1 saturated carbocycles. The Labute approximate surface area is 122 Å². The van der Waals surface area contributed by atoms with E-state index < -0.39 is 23.4 Å². The fourth-order valence-electron chi connectivity index (χ4n) is 2.92. The van der Waals surface area contributed by atoms with Crippen LogP contribution in [0, 0.1) is 11.8 Å². The van der Waals surface area contributed by atoms with Crippen LogP contribution in [0.25, 0.3) is 0 Å². The molecule has 0 amide bonds. The minimum Gasteiger partial charge on any atom is -0.462 e. The second-order valence-corrected chi connectivity index (χ2v) is 5.59. The molecule has 112 valence electrons. The Hall–Kier alpha value is -2.01. The third kappa shape index (κ3) is 3.03. The molecule has 5 heteroatoms. The lowest BCUT2D eigenvalue weighted by molar-refractivity contribution is -0.141. The molecule has 0 aromatic heterocycles. The van der Waals surface area contributed by atoms with Crippen molar-refractivity contribution in [3.05, 3.63) is 35.9 Å². The molecule has 2 rings (SSSR count). The number of carbonyl (C=O) groups excluding carboxylic acids is 3. The Morgan fingerprint density at radius 1 is 1.33 bits per heavy atom. The largest absolute Gasteiger partial charge is 0.462 e. The van der Waals surface area contributed by atoms with Crippen molar-refractivity contribution in [2.45, 2.75) is 25.9 Å². The average molecular weight is 290 g/mol. The highest BCUT2D eigenvalue weighted by molar-refractivity contribution is 5.97. The van der Waals surface area contributed by atoms with E-state index in [4.69, 9.17) is 4.74 Å². The molecule has 0 unspecified atom stereocenters. The maximum atomic E-state index is 11.9. The van der Waals surface area contributed by atoms with Crippen molar-refractivity contribution < 1.29 is 24.2 Å². The molecule has 1 N–H and O–H groups in total. The molecular weight excluding hydrogens is 272 g/mol. The van der Waals surface area contributed by atoms with E-state index in [0.29, 0.717) is 5.56 Å². The first-order chi connectivity index (χ1) is 9.84. The number of carbonyl (C=O) groups is 3. The third-order valence-corrected chi connectivity index (χ3v) is 3.97. The molecule has 3 atom stereocenters. The highest BCUT2D eigenvalue weighted by Crippen LogP contribution is 2.38. The van der Waals surface area contributed by atoms with Gasteiger partial charge >= 0.3 is 5.97 Å². The van der Waals surface area contributed by atoms with Crippen molar-refractivity contribution in [2.75, 3.05) is 6.61 Å². The highest BCUT2D eigenvalue weighted by atomic mass is 16.5. The summed E-state index contributed by atoms with van der Waals surface area (Å²) in [6.45, 7) is 2.63. The standard InChI is InChI=1S/C16H18O5/c1-10(17)14-12(8-13(18)16(14,2)20)9-21-15(19)11-6-4-3-5-7-11/h3-7,12,14,20H,8-9H2,1-2H3/t12-,14+,16-/m0/s1. The number of hydrogen-bond donors (Lipinski definition) is 1.